The molecule has 0 aromatic carbocycles. The van der Waals surface area contributed by atoms with Crippen molar-refractivity contribution in [1.29, 1.82) is 0 Å². The molecule has 102 valence electrons. The molecule has 0 saturated heterocycles. The number of aryl methyl sites for hydroxylation is 1. The quantitative estimate of drug-likeness (QED) is 0.880. The van der Waals surface area contributed by atoms with Crippen LogP contribution in [0.3, 0.4) is 0 Å². The van der Waals surface area contributed by atoms with Gasteiger partial charge in [-0.15, -0.1) is 0 Å². The Morgan fingerprint density at radius 2 is 2.11 bits per heavy atom. The fourth-order valence-electron chi connectivity index (χ4n) is 1.82. The molecule has 2 rings (SSSR count). The summed E-state index contributed by atoms with van der Waals surface area (Å²) < 4.78 is 1.77. The molecule has 0 atom stereocenters. The Kier molecular flexibility index (Phi) is 4.11. The zero-order valence-electron chi connectivity index (χ0n) is 11.9. The lowest BCUT2D eigenvalue weighted by molar-refractivity contribution is 0.391. The first-order valence-electron chi connectivity index (χ1n) is 6.34. The van der Waals surface area contributed by atoms with E-state index in [1.54, 1.807) is 4.68 Å². The predicted molar refractivity (Wildman–Crippen MR) is 75.8 cm³/mol. The monoisotopic (exact) mass is 260 g/mol. The third kappa shape index (κ3) is 3.51. The van der Waals surface area contributed by atoms with Crippen molar-refractivity contribution < 1.29 is 0 Å². The summed E-state index contributed by atoms with van der Waals surface area (Å²) in [5.74, 6) is 1.66. The van der Waals surface area contributed by atoms with E-state index >= 15 is 0 Å². The van der Waals surface area contributed by atoms with E-state index in [-0.39, 0.29) is 0 Å². The van der Waals surface area contributed by atoms with Crippen LogP contribution in [0.15, 0.2) is 18.5 Å². The molecular weight excluding hydrogens is 240 g/mol. The molecule has 0 unspecified atom stereocenters. The molecule has 0 radical (unpaired) electrons. The molecule has 2 heterocycles. The highest BCUT2D eigenvalue weighted by Crippen LogP contribution is 2.19. The minimum Gasteiger partial charge on any atom is -0.370 e. The molecular formula is C13H20N6. The molecule has 0 aliphatic carbocycles. The summed E-state index contributed by atoms with van der Waals surface area (Å²) in [7, 11) is 5.91. The van der Waals surface area contributed by atoms with Gasteiger partial charge in [0.1, 0.15) is 11.6 Å². The van der Waals surface area contributed by atoms with Gasteiger partial charge in [0.2, 0.25) is 0 Å². The minimum atomic E-state index is 0.715. The minimum absolute atomic E-state index is 0.715. The normalized spacial score (nSPS) is 11.0. The molecule has 0 aliphatic rings. The van der Waals surface area contributed by atoms with Gasteiger partial charge >= 0.3 is 0 Å². The first-order valence-corrected chi connectivity index (χ1v) is 6.34. The molecule has 2 aromatic rings. The van der Waals surface area contributed by atoms with Gasteiger partial charge in [0.05, 0.1) is 18.4 Å². The molecule has 0 fully saturated rings. The van der Waals surface area contributed by atoms with Gasteiger partial charge in [-0.05, 0) is 21.0 Å². The molecule has 2 aromatic heterocycles. The lowest BCUT2D eigenvalue weighted by atomic mass is 10.2. The predicted octanol–water partition coefficient (Wildman–Crippen LogP) is 1.37. The second kappa shape index (κ2) is 5.79. The average molecular weight is 260 g/mol. The van der Waals surface area contributed by atoms with E-state index in [2.05, 4.69) is 32.2 Å². The van der Waals surface area contributed by atoms with Crippen molar-refractivity contribution >= 4 is 5.82 Å². The van der Waals surface area contributed by atoms with Gasteiger partial charge in [0.15, 0.2) is 0 Å². The van der Waals surface area contributed by atoms with Gasteiger partial charge in [0, 0.05) is 31.4 Å². The maximum Gasteiger partial charge on any atom is 0.145 e. The van der Waals surface area contributed by atoms with Gasteiger partial charge < -0.3 is 10.2 Å². The van der Waals surface area contributed by atoms with E-state index in [9.17, 15) is 0 Å². The topological polar surface area (TPSA) is 58.9 Å². The Bertz CT molecular complexity index is 546. The Hall–Kier alpha value is -1.95. The van der Waals surface area contributed by atoms with Crippen LogP contribution in [0, 0.1) is 0 Å². The molecule has 6 nitrogen and oxygen atoms in total. The summed E-state index contributed by atoms with van der Waals surface area (Å²) in [6.07, 6.45) is 3.77. The van der Waals surface area contributed by atoms with E-state index in [4.69, 9.17) is 0 Å². The van der Waals surface area contributed by atoms with Crippen molar-refractivity contribution in [2.75, 3.05) is 26.0 Å². The molecule has 6 heteroatoms. The van der Waals surface area contributed by atoms with Crippen molar-refractivity contribution in [2.45, 2.75) is 13.5 Å². The Balaban J connectivity index is 2.38. The van der Waals surface area contributed by atoms with Crippen LogP contribution in [0.2, 0.25) is 0 Å². The molecule has 0 amide bonds. The van der Waals surface area contributed by atoms with Crippen LogP contribution in [0.4, 0.5) is 5.82 Å². The van der Waals surface area contributed by atoms with E-state index in [1.807, 2.05) is 39.6 Å². The van der Waals surface area contributed by atoms with Crippen molar-refractivity contribution in [1.82, 2.24) is 24.6 Å². The van der Waals surface area contributed by atoms with Crippen molar-refractivity contribution in [3.05, 3.63) is 24.3 Å². The summed E-state index contributed by atoms with van der Waals surface area (Å²) in [6, 6.07) is 1.96. The second-order valence-corrected chi connectivity index (χ2v) is 4.73. The summed E-state index contributed by atoms with van der Waals surface area (Å²) in [5, 5.41) is 7.43. The maximum atomic E-state index is 4.59. The van der Waals surface area contributed by atoms with E-state index in [1.165, 1.54) is 0 Å². The van der Waals surface area contributed by atoms with Crippen molar-refractivity contribution in [2.24, 2.45) is 7.05 Å². The van der Waals surface area contributed by atoms with Crippen LogP contribution in [0.25, 0.3) is 11.3 Å². The van der Waals surface area contributed by atoms with Gasteiger partial charge in [-0.3, -0.25) is 4.68 Å². The third-order valence-electron chi connectivity index (χ3n) is 2.59. The second-order valence-electron chi connectivity index (χ2n) is 4.73. The van der Waals surface area contributed by atoms with Crippen LogP contribution in [-0.4, -0.2) is 45.3 Å². The first kappa shape index (κ1) is 13.5. The number of hydrogen-bond acceptors (Lipinski definition) is 5. The van der Waals surface area contributed by atoms with E-state index in [0.717, 1.165) is 29.4 Å². The third-order valence-corrected chi connectivity index (χ3v) is 2.59. The van der Waals surface area contributed by atoms with Crippen LogP contribution in [0.1, 0.15) is 12.7 Å². The average Bonchev–Trinajstić information content (AvgIpc) is 2.75. The molecule has 0 saturated carbocycles. The van der Waals surface area contributed by atoms with Crippen LogP contribution in [0.5, 0.6) is 0 Å². The zero-order chi connectivity index (χ0) is 13.8. The lowest BCUT2D eigenvalue weighted by Gasteiger charge is -2.11. The number of hydrogen-bond donors (Lipinski definition) is 1. The highest BCUT2D eigenvalue weighted by atomic mass is 15.2. The van der Waals surface area contributed by atoms with E-state index in [0.29, 0.717) is 6.54 Å². The Morgan fingerprint density at radius 3 is 2.68 bits per heavy atom. The largest absolute Gasteiger partial charge is 0.370 e. The van der Waals surface area contributed by atoms with Crippen molar-refractivity contribution in [3.63, 3.8) is 0 Å². The molecule has 19 heavy (non-hydrogen) atoms. The van der Waals surface area contributed by atoms with Crippen LogP contribution < -0.4 is 5.32 Å². The Morgan fingerprint density at radius 1 is 1.32 bits per heavy atom. The van der Waals surface area contributed by atoms with Crippen LogP contribution >= 0.6 is 0 Å². The smallest absolute Gasteiger partial charge is 0.145 e. The summed E-state index contributed by atoms with van der Waals surface area (Å²) in [5.41, 5.74) is 1.90. The first-order chi connectivity index (χ1) is 9.08. The zero-order valence-corrected chi connectivity index (χ0v) is 11.9. The fourth-order valence-corrected chi connectivity index (χ4v) is 1.82. The van der Waals surface area contributed by atoms with Gasteiger partial charge in [-0.1, -0.05) is 0 Å². The highest BCUT2D eigenvalue weighted by molar-refractivity contribution is 5.60. The maximum absolute atomic E-state index is 4.59. The van der Waals surface area contributed by atoms with E-state index < -0.39 is 0 Å². The number of nitrogens with one attached hydrogen (secondary N) is 1. The standard InChI is InChI=1S/C13H20N6/c1-5-14-12-6-11(10-7-15-19(4)8-10)16-13(17-12)9-18(2)3/h6-8H,5,9H2,1-4H3,(H,14,16,17). The summed E-state index contributed by atoms with van der Waals surface area (Å²) in [6.45, 7) is 3.61. The van der Waals surface area contributed by atoms with Crippen molar-refractivity contribution in [3.8, 4) is 11.3 Å². The van der Waals surface area contributed by atoms with Gasteiger partial charge in [0.25, 0.3) is 0 Å². The molecule has 0 bridgehead atoms. The number of aromatic nitrogens is 4. The lowest BCUT2D eigenvalue weighted by Crippen LogP contribution is -2.14. The number of anilines is 1. The van der Waals surface area contributed by atoms with Gasteiger partial charge in [-0.25, -0.2) is 9.97 Å². The number of nitrogens with zero attached hydrogens (tertiary/aromatic N) is 5. The number of rotatable bonds is 5. The Labute approximate surface area is 113 Å². The highest BCUT2D eigenvalue weighted by Gasteiger charge is 2.08. The molecule has 0 spiro atoms. The fraction of sp³-hybridized carbons (Fsp3) is 0.462. The van der Waals surface area contributed by atoms with Crippen LogP contribution in [-0.2, 0) is 13.6 Å². The van der Waals surface area contributed by atoms with Gasteiger partial charge in [-0.2, -0.15) is 5.10 Å². The summed E-state index contributed by atoms with van der Waals surface area (Å²) in [4.78, 5) is 11.2. The SMILES string of the molecule is CCNc1cc(-c2cnn(C)c2)nc(CN(C)C)n1. The summed E-state index contributed by atoms with van der Waals surface area (Å²) >= 11 is 0. The molecule has 1 N–H and O–H groups in total. The molecule has 0 aliphatic heterocycles.